The van der Waals surface area contributed by atoms with Crippen molar-refractivity contribution < 1.29 is 14.3 Å². The van der Waals surface area contributed by atoms with Gasteiger partial charge in [0.15, 0.2) is 0 Å². The summed E-state index contributed by atoms with van der Waals surface area (Å²) in [6.07, 6.45) is 21.7. The topological polar surface area (TPSA) is 77.1 Å². The van der Waals surface area contributed by atoms with E-state index in [1.165, 1.54) is 102 Å². The number of ether oxygens (including phenoxy) is 1. The highest BCUT2D eigenvalue weighted by atomic mass is 32.2. The molecule has 4 aliphatic heterocycles. The van der Waals surface area contributed by atoms with E-state index in [9.17, 15) is 9.59 Å². The van der Waals surface area contributed by atoms with E-state index in [1.807, 2.05) is 0 Å². The first-order valence-corrected chi connectivity index (χ1v) is 21.3. The Labute approximate surface area is 300 Å². The molecule has 4 atom stereocenters. The van der Waals surface area contributed by atoms with E-state index in [0.29, 0.717) is 43.7 Å². The van der Waals surface area contributed by atoms with E-state index in [0.717, 1.165) is 57.0 Å². The number of nitrogens with one attached hydrogen (secondary N) is 2. The first-order chi connectivity index (χ1) is 24.1. The Kier molecular flexibility index (Phi) is 12.6. The maximum absolute atomic E-state index is 14.3. The minimum Gasteiger partial charge on any atom is -0.379 e. The summed E-state index contributed by atoms with van der Waals surface area (Å²) in [4.78, 5) is 34.8. The molecule has 0 radical (unpaired) electrons. The number of carbonyl (C=O) groups is 2. The van der Waals surface area contributed by atoms with Crippen LogP contribution in [0.4, 0.5) is 5.69 Å². The number of amides is 2. The maximum Gasteiger partial charge on any atom is 0.240 e. The Bertz CT molecular complexity index is 1220. The molecule has 4 saturated heterocycles. The molecule has 8 nitrogen and oxygen atoms in total. The van der Waals surface area contributed by atoms with Crippen LogP contribution < -0.4 is 10.6 Å². The summed E-state index contributed by atoms with van der Waals surface area (Å²) in [6, 6.07) is 9.74. The van der Waals surface area contributed by atoms with Gasteiger partial charge in [-0.2, -0.15) is 0 Å². The van der Waals surface area contributed by atoms with E-state index < -0.39 is 0 Å². The molecular formula is C40H63N5O3S. The van der Waals surface area contributed by atoms with Crippen molar-refractivity contribution in [3.05, 3.63) is 29.8 Å². The number of likely N-dealkylation sites (tertiary alicyclic amines) is 1. The van der Waals surface area contributed by atoms with Crippen LogP contribution in [0, 0.1) is 11.3 Å². The fourth-order valence-corrected chi connectivity index (χ4v) is 12.1. The number of nitrogens with zero attached hydrogens (tertiary/aromatic N) is 3. The zero-order valence-electron chi connectivity index (χ0n) is 30.1. The number of thioether (sulfide) groups is 1. The number of anilines is 1. The number of carbonyl (C=O) groups excluding carboxylic acids is 2. The van der Waals surface area contributed by atoms with E-state index in [2.05, 4.69) is 61.4 Å². The Balaban J connectivity index is 1.17. The van der Waals surface area contributed by atoms with Gasteiger partial charge >= 0.3 is 0 Å². The Morgan fingerprint density at radius 3 is 2.24 bits per heavy atom. The highest BCUT2D eigenvalue weighted by Crippen LogP contribution is 2.55. The van der Waals surface area contributed by atoms with Crippen LogP contribution in [0.5, 0.6) is 0 Å². The van der Waals surface area contributed by atoms with Gasteiger partial charge in [0.25, 0.3) is 0 Å². The highest BCUT2D eigenvalue weighted by Gasteiger charge is 2.58. The summed E-state index contributed by atoms with van der Waals surface area (Å²) in [7, 11) is 0. The fourth-order valence-electron chi connectivity index (χ4n) is 10.5. The third-order valence-electron chi connectivity index (χ3n) is 13.0. The molecule has 7 rings (SSSR count). The molecule has 1 aromatic rings. The molecule has 2 aliphatic carbocycles. The molecule has 272 valence electrons. The second kappa shape index (κ2) is 17.2. The molecule has 6 aliphatic rings. The molecule has 0 bridgehead atoms. The highest BCUT2D eigenvalue weighted by molar-refractivity contribution is 7.99. The van der Waals surface area contributed by atoms with Gasteiger partial charge in [-0.05, 0) is 62.1 Å². The van der Waals surface area contributed by atoms with Crippen LogP contribution >= 0.6 is 11.8 Å². The summed E-state index contributed by atoms with van der Waals surface area (Å²) in [5.41, 5.74) is 2.26. The Hall–Kier alpha value is -1.65. The van der Waals surface area contributed by atoms with Crippen LogP contribution in [-0.2, 0) is 14.3 Å². The summed E-state index contributed by atoms with van der Waals surface area (Å²) >= 11 is 2.13. The third-order valence-corrected chi connectivity index (χ3v) is 14.4. The largest absolute Gasteiger partial charge is 0.379 e. The van der Waals surface area contributed by atoms with E-state index in [1.54, 1.807) is 0 Å². The number of benzene rings is 1. The summed E-state index contributed by atoms with van der Waals surface area (Å²) in [5.74, 6) is 2.05. The normalized spacial score (nSPS) is 31.1. The lowest BCUT2D eigenvalue weighted by atomic mass is 9.63. The smallest absolute Gasteiger partial charge is 0.240 e. The minimum atomic E-state index is -0.0369. The summed E-state index contributed by atoms with van der Waals surface area (Å²) < 4.78 is 5.49. The molecule has 1 aromatic carbocycles. The van der Waals surface area contributed by atoms with Crippen molar-refractivity contribution in [2.24, 2.45) is 11.3 Å². The Morgan fingerprint density at radius 2 is 1.53 bits per heavy atom. The van der Waals surface area contributed by atoms with Gasteiger partial charge < -0.3 is 20.3 Å². The van der Waals surface area contributed by atoms with Gasteiger partial charge in [0.05, 0.1) is 31.2 Å². The van der Waals surface area contributed by atoms with Crippen molar-refractivity contribution >= 4 is 29.3 Å². The van der Waals surface area contributed by atoms with Crippen molar-refractivity contribution in [2.45, 2.75) is 133 Å². The minimum absolute atomic E-state index is 0.0340. The van der Waals surface area contributed by atoms with Gasteiger partial charge in [0.2, 0.25) is 11.8 Å². The molecule has 2 amide bonds. The summed E-state index contributed by atoms with van der Waals surface area (Å²) in [5, 5.41) is 7.47. The second-order valence-electron chi connectivity index (χ2n) is 16.1. The average Bonchev–Trinajstić information content (AvgIpc) is 3.87. The van der Waals surface area contributed by atoms with Gasteiger partial charge in [-0.25, -0.2) is 0 Å². The van der Waals surface area contributed by atoms with Crippen LogP contribution in [0.15, 0.2) is 24.3 Å². The van der Waals surface area contributed by atoms with E-state index in [4.69, 9.17) is 4.74 Å². The number of rotatable bonds is 7. The second-order valence-corrected chi connectivity index (χ2v) is 17.2. The standard InChI is InChI=1S/C40H63N5O3S/c46-36(29-43-23-25-48-26-24-43)42-32-16-14-15-31(27-32)39-45(33-17-8-4-1-2-5-9-18-33)35(30-49-39)34-28-41-37(38(47)44-21-12-13-22-44)40(34)19-10-6-3-7-11-20-40/h14-16,27,33-35,37,39,41H,1-13,17-26,28-30H2,(H,42,46). The monoisotopic (exact) mass is 693 g/mol. The molecule has 1 spiro atoms. The molecule has 2 saturated carbocycles. The molecule has 6 fully saturated rings. The Morgan fingerprint density at radius 1 is 0.857 bits per heavy atom. The van der Waals surface area contributed by atoms with Crippen LogP contribution in [0.25, 0.3) is 0 Å². The van der Waals surface area contributed by atoms with Gasteiger partial charge in [-0.3, -0.25) is 19.4 Å². The molecule has 2 N–H and O–H groups in total. The van der Waals surface area contributed by atoms with Crippen LogP contribution in [0.1, 0.15) is 120 Å². The number of hydrogen-bond donors (Lipinski definition) is 2. The number of morpholine rings is 1. The van der Waals surface area contributed by atoms with Crippen LogP contribution in [0.3, 0.4) is 0 Å². The predicted octanol–water partition coefficient (Wildman–Crippen LogP) is 6.82. The third kappa shape index (κ3) is 8.37. The molecular weight excluding hydrogens is 631 g/mol. The zero-order valence-corrected chi connectivity index (χ0v) is 30.9. The van der Waals surface area contributed by atoms with E-state index >= 15 is 0 Å². The zero-order chi connectivity index (χ0) is 33.5. The SMILES string of the molecule is O=C(CN1CCOCC1)Nc1cccc(C2SCC(C3CNC(C(=O)N4CCCC4)C34CCCCCCC4)N2C2CCCCCCCC2)c1. The molecule has 49 heavy (non-hydrogen) atoms. The molecule has 0 aromatic heterocycles. The molecule has 4 heterocycles. The van der Waals surface area contributed by atoms with Crippen molar-refractivity contribution in [3.8, 4) is 0 Å². The van der Waals surface area contributed by atoms with Gasteiger partial charge in [0.1, 0.15) is 0 Å². The molecule has 9 heteroatoms. The van der Waals surface area contributed by atoms with Crippen molar-refractivity contribution in [2.75, 3.05) is 63.6 Å². The predicted molar refractivity (Wildman–Crippen MR) is 200 cm³/mol. The number of hydrogen-bond acceptors (Lipinski definition) is 7. The fraction of sp³-hybridized carbons (Fsp3) is 0.800. The van der Waals surface area contributed by atoms with Gasteiger partial charge in [-0.15, -0.1) is 11.8 Å². The first kappa shape index (κ1) is 35.7. The van der Waals surface area contributed by atoms with Crippen LogP contribution in [0.2, 0.25) is 0 Å². The van der Waals surface area contributed by atoms with Gasteiger partial charge in [0, 0.05) is 61.7 Å². The lowest BCUT2D eigenvalue weighted by Gasteiger charge is -2.47. The molecule has 4 unspecified atom stereocenters. The maximum atomic E-state index is 14.3. The van der Waals surface area contributed by atoms with Crippen molar-refractivity contribution in [1.29, 1.82) is 0 Å². The summed E-state index contributed by atoms with van der Waals surface area (Å²) in [6.45, 7) is 6.27. The van der Waals surface area contributed by atoms with Gasteiger partial charge in [-0.1, -0.05) is 82.8 Å². The van der Waals surface area contributed by atoms with Crippen molar-refractivity contribution in [3.63, 3.8) is 0 Å². The lowest BCUT2D eigenvalue weighted by molar-refractivity contribution is -0.136. The average molecular weight is 694 g/mol. The lowest BCUT2D eigenvalue weighted by Crippen LogP contribution is -2.55. The quantitative estimate of drug-likeness (QED) is 0.325. The van der Waals surface area contributed by atoms with Crippen molar-refractivity contribution in [1.82, 2.24) is 20.0 Å². The first-order valence-electron chi connectivity index (χ1n) is 20.2. The van der Waals surface area contributed by atoms with E-state index in [-0.39, 0.29) is 22.7 Å². The van der Waals surface area contributed by atoms with Crippen LogP contribution in [-0.4, -0.2) is 103 Å².